The Morgan fingerprint density at radius 2 is 1.88 bits per heavy atom. The van der Waals surface area contributed by atoms with Gasteiger partial charge in [0.2, 0.25) is 17.8 Å². The minimum Gasteiger partial charge on any atom is -0.378 e. The van der Waals surface area contributed by atoms with Gasteiger partial charge in [0.25, 0.3) is 0 Å². The van der Waals surface area contributed by atoms with Gasteiger partial charge in [-0.2, -0.15) is 20.1 Å². The highest BCUT2D eigenvalue weighted by Gasteiger charge is 2.16. The maximum Gasteiger partial charge on any atom is 0.250 e. The monoisotopic (exact) mass is 428 g/mol. The fraction of sp³-hybridized carbons (Fsp3) is 0.217. The van der Waals surface area contributed by atoms with E-state index < -0.39 is 0 Å². The normalized spacial score (nSPS) is 14.2. The molecule has 3 heterocycles. The Morgan fingerprint density at radius 3 is 2.75 bits per heavy atom. The summed E-state index contributed by atoms with van der Waals surface area (Å²) in [4.78, 5) is 19.0. The van der Waals surface area contributed by atoms with E-state index in [2.05, 4.69) is 46.7 Å². The lowest BCUT2D eigenvalue weighted by Crippen LogP contribution is -2.37. The largest absolute Gasteiger partial charge is 0.378 e. The first-order chi connectivity index (χ1) is 15.7. The second-order valence-corrected chi connectivity index (χ2v) is 7.54. The lowest BCUT2D eigenvalue weighted by atomic mass is 10.2. The van der Waals surface area contributed by atoms with Crippen molar-refractivity contribution < 1.29 is 4.74 Å². The predicted molar refractivity (Wildman–Crippen MR) is 127 cm³/mol. The van der Waals surface area contributed by atoms with Crippen molar-refractivity contribution in [3.63, 3.8) is 0 Å². The van der Waals surface area contributed by atoms with E-state index in [1.165, 1.54) is 0 Å². The molecule has 1 aliphatic rings. The number of rotatable bonds is 6. The average Bonchev–Trinajstić information content (AvgIpc) is 3.23. The highest BCUT2D eigenvalue weighted by molar-refractivity contribution is 5.99. The van der Waals surface area contributed by atoms with Crippen molar-refractivity contribution in [1.82, 2.24) is 19.9 Å². The average molecular weight is 429 g/mol. The number of ether oxygens (including phenoxy) is 1. The number of H-pyrrole nitrogens is 1. The number of fused-ring (bicyclic) bond motifs is 1. The first-order valence-corrected chi connectivity index (χ1v) is 10.5. The first-order valence-electron chi connectivity index (χ1n) is 10.5. The molecule has 0 spiro atoms. The summed E-state index contributed by atoms with van der Waals surface area (Å²) in [7, 11) is 0. The smallest absolute Gasteiger partial charge is 0.250 e. The molecule has 2 aromatic carbocycles. The molecule has 0 aliphatic carbocycles. The summed E-state index contributed by atoms with van der Waals surface area (Å²) in [5.74, 6) is 1.41. The van der Waals surface area contributed by atoms with Gasteiger partial charge in [-0.1, -0.05) is 30.3 Å². The zero-order valence-corrected chi connectivity index (χ0v) is 17.7. The van der Waals surface area contributed by atoms with Crippen LogP contribution in [0.4, 0.5) is 23.5 Å². The molecule has 0 radical (unpaired) electrons. The molecule has 1 aliphatic heterocycles. The molecule has 0 amide bonds. The van der Waals surface area contributed by atoms with Gasteiger partial charge in [0.05, 0.1) is 19.4 Å². The number of aromatic amines is 1. The highest BCUT2D eigenvalue weighted by atomic mass is 16.5. The number of anilines is 4. The van der Waals surface area contributed by atoms with Crippen LogP contribution in [0.1, 0.15) is 11.1 Å². The van der Waals surface area contributed by atoms with Crippen molar-refractivity contribution in [3.05, 3.63) is 65.9 Å². The van der Waals surface area contributed by atoms with Crippen molar-refractivity contribution in [2.75, 3.05) is 41.9 Å². The van der Waals surface area contributed by atoms with Crippen LogP contribution in [0.5, 0.6) is 0 Å². The Bertz CT molecular complexity index is 1250. The van der Waals surface area contributed by atoms with Crippen molar-refractivity contribution in [1.29, 1.82) is 0 Å². The van der Waals surface area contributed by atoms with Gasteiger partial charge in [0.15, 0.2) is 0 Å². The zero-order valence-electron chi connectivity index (χ0n) is 17.7. The molecule has 1 fully saturated rings. The van der Waals surface area contributed by atoms with Gasteiger partial charge in [0, 0.05) is 41.4 Å². The molecule has 0 saturated carbocycles. The number of hydrazone groups is 1. The molecule has 32 heavy (non-hydrogen) atoms. The van der Waals surface area contributed by atoms with Crippen molar-refractivity contribution in [2.24, 2.45) is 5.10 Å². The van der Waals surface area contributed by atoms with Gasteiger partial charge in [-0.25, -0.2) is 5.43 Å². The summed E-state index contributed by atoms with van der Waals surface area (Å²) in [6.07, 6.45) is 3.68. The Hall–Kier alpha value is -3.98. The summed E-state index contributed by atoms with van der Waals surface area (Å²) in [6, 6.07) is 16.1. The van der Waals surface area contributed by atoms with Crippen LogP contribution in [-0.4, -0.2) is 52.5 Å². The van der Waals surface area contributed by atoms with Crippen LogP contribution in [0, 0.1) is 6.92 Å². The summed E-state index contributed by atoms with van der Waals surface area (Å²) in [6.45, 7) is 4.80. The number of hydrogen-bond acceptors (Lipinski definition) is 8. The quantitative estimate of drug-likeness (QED) is 0.318. The predicted octanol–water partition coefficient (Wildman–Crippen LogP) is 3.69. The van der Waals surface area contributed by atoms with Gasteiger partial charge < -0.3 is 19.9 Å². The molecule has 5 rings (SSSR count). The third kappa shape index (κ3) is 4.52. The lowest BCUT2D eigenvalue weighted by molar-refractivity contribution is 0.122. The number of aromatic nitrogens is 4. The van der Waals surface area contributed by atoms with Crippen LogP contribution in [0.2, 0.25) is 0 Å². The molecule has 9 heteroatoms. The molecule has 0 unspecified atom stereocenters. The fourth-order valence-corrected chi connectivity index (χ4v) is 3.59. The van der Waals surface area contributed by atoms with E-state index in [-0.39, 0.29) is 0 Å². The highest BCUT2D eigenvalue weighted by Crippen LogP contribution is 2.20. The standard InChI is InChI=1S/C23H24N8O/c1-16-5-4-6-18(13-16)26-21-27-22(29-23(28-21)31-9-11-32-12-10-31)30-25-15-17-14-24-20-8-3-2-7-19(17)20/h2-8,13-15,24H,9-12H2,1H3,(H2,26,27,28,29,30). The molecule has 162 valence electrons. The van der Waals surface area contributed by atoms with Crippen LogP contribution >= 0.6 is 0 Å². The van der Waals surface area contributed by atoms with E-state index in [1.807, 2.05) is 55.6 Å². The van der Waals surface area contributed by atoms with Gasteiger partial charge in [0.1, 0.15) is 0 Å². The molecule has 3 N–H and O–H groups in total. The molecule has 9 nitrogen and oxygen atoms in total. The van der Waals surface area contributed by atoms with E-state index in [0.29, 0.717) is 31.1 Å². The molecule has 4 aromatic rings. The minimum atomic E-state index is 0.368. The maximum atomic E-state index is 5.46. The zero-order chi connectivity index (χ0) is 21.8. The van der Waals surface area contributed by atoms with Crippen molar-refractivity contribution in [2.45, 2.75) is 6.92 Å². The molecular formula is C23H24N8O. The van der Waals surface area contributed by atoms with Crippen LogP contribution in [0.3, 0.4) is 0 Å². The second kappa shape index (κ2) is 9.03. The molecular weight excluding hydrogens is 404 g/mol. The Balaban J connectivity index is 1.40. The number of aryl methyl sites for hydroxylation is 1. The Labute approximate surface area is 185 Å². The number of benzene rings is 2. The van der Waals surface area contributed by atoms with Gasteiger partial charge in [-0.15, -0.1) is 0 Å². The Kier molecular flexibility index (Phi) is 5.63. The third-order valence-corrected chi connectivity index (χ3v) is 5.18. The molecule has 0 bridgehead atoms. The van der Waals surface area contributed by atoms with Gasteiger partial charge >= 0.3 is 0 Å². The van der Waals surface area contributed by atoms with E-state index >= 15 is 0 Å². The van der Waals surface area contributed by atoms with Crippen LogP contribution < -0.4 is 15.6 Å². The van der Waals surface area contributed by atoms with E-state index in [1.54, 1.807) is 6.21 Å². The van der Waals surface area contributed by atoms with Crippen LogP contribution in [0.25, 0.3) is 10.9 Å². The molecule has 0 atom stereocenters. The number of hydrogen-bond donors (Lipinski definition) is 3. The Morgan fingerprint density at radius 1 is 1.03 bits per heavy atom. The number of para-hydroxylation sites is 1. The topological polar surface area (TPSA) is 103 Å². The minimum absolute atomic E-state index is 0.368. The summed E-state index contributed by atoms with van der Waals surface area (Å²) in [5, 5.41) is 8.74. The fourth-order valence-electron chi connectivity index (χ4n) is 3.59. The third-order valence-electron chi connectivity index (χ3n) is 5.18. The molecule has 2 aromatic heterocycles. The molecule has 1 saturated heterocycles. The second-order valence-electron chi connectivity index (χ2n) is 7.54. The van der Waals surface area contributed by atoms with Crippen LogP contribution in [0.15, 0.2) is 59.8 Å². The van der Waals surface area contributed by atoms with Crippen molar-refractivity contribution in [3.8, 4) is 0 Å². The number of nitrogens with zero attached hydrogens (tertiary/aromatic N) is 5. The SMILES string of the molecule is Cc1cccc(Nc2nc(NN=Cc3c[nH]c4ccccc34)nc(N3CCOCC3)n2)c1. The first kappa shape index (κ1) is 20.0. The van der Waals surface area contributed by atoms with E-state index in [4.69, 9.17) is 4.74 Å². The van der Waals surface area contributed by atoms with Gasteiger partial charge in [-0.3, -0.25) is 0 Å². The van der Waals surface area contributed by atoms with Crippen molar-refractivity contribution >= 4 is 40.6 Å². The van der Waals surface area contributed by atoms with Crippen LogP contribution in [-0.2, 0) is 4.74 Å². The summed E-state index contributed by atoms with van der Waals surface area (Å²) in [5.41, 5.74) is 7.07. The lowest BCUT2D eigenvalue weighted by Gasteiger charge is -2.27. The van der Waals surface area contributed by atoms with E-state index in [0.717, 1.165) is 40.8 Å². The van der Waals surface area contributed by atoms with Gasteiger partial charge in [-0.05, 0) is 30.7 Å². The maximum absolute atomic E-state index is 5.46. The summed E-state index contributed by atoms with van der Waals surface area (Å²) >= 11 is 0. The number of morpholine rings is 1. The summed E-state index contributed by atoms with van der Waals surface area (Å²) < 4.78 is 5.46. The van der Waals surface area contributed by atoms with E-state index in [9.17, 15) is 0 Å². The number of nitrogens with one attached hydrogen (secondary N) is 3.